The quantitative estimate of drug-likeness (QED) is 0.854. The molecule has 2 fully saturated rings. The summed E-state index contributed by atoms with van der Waals surface area (Å²) in [4.78, 5) is 29.0. The van der Waals surface area contributed by atoms with Gasteiger partial charge in [0.15, 0.2) is 0 Å². The summed E-state index contributed by atoms with van der Waals surface area (Å²) in [6.07, 6.45) is 7.35. The van der Waals surface area contributed by atoms with Crippen LogP contribution < -0.4 is 0 Å². The van der Waals surface area contributed by atoms with Crippen molar-refractivity contribution in [3.05, 3.63) is 35.9 Å². The number of hydrogen-bond donors (Lipinski definition) is 0. The summed E-state index contributed by atoms with van der Waals surface area (Å²) in [5, 5.41) is 0. The van der Waals surface area contributed by atoms with E-state index in [9.17, 15) is 9.59 Å². The number of carbonyl (C=O) groups is 2. The van der Waals surface area contributed by atoms with Gasteiger partial charge in [-0.25, -0.2) is 0 Å². The Hall–Kier alpha value is -1.84. The Labute approximate surface area is 144 Å². The van der Waals surface area contributed by atoms with Gasteiger partial charge < -0.3 is 9.80 Å². The van der Waals surface area contributed by atoms with Gasteiger partial charge in [-0.05, 0) is 43.7 Å². The SMILES string of the molecule is O=C(CC1CCN(C(=O)c2ccccc2)CC1)N1CCCCCC1. The van der Waals surface area contributed by atoms with E-state index in [0.717, 1.165) is 57.4 Å². The lowest BCUT2D eigenvalue weighted by Gasteiger charge is -2.33. The van der Waals surface area contributed by atoms with Gasteiger partial charge in [-0.15, -0.1) is 0 Å². The summed E-state index contributed by atoms with van der Waals surface area (Å²) < 4.78 is 0. The molecule has 2 amide bonds. The van der Waals surface area contributed by atoms with Crippen molar-refractivity contribution < 1.29 is 9.59 Å². The zero-order valence-electron chi connectivity index (χ0n) is 14.5. The number of hydrogen-bond acceptors (Lipinski definition) is 2. The third-order valence-corrected chi connectivity index (χ3v) is 5.34. The van der Waals surface area contributed by atoms with E-state index < -0.39 is 0 Å². The summed E-state index contributed by atoms with van der Waals surface area (Å²) in [7, 11) is 0. The highest BCUT2D eigenvalue weighted by atomic mass is 16.2. The highest BCUT2D eigenvalue weighted by Crippen LogP contribution is 2.23. The van der Waals surface area contributed by atoms with Crippen LogP contribution in [0.1, 0.15) is 55.3 Å². The van der Waals surface area contributed by atoms with Gasteiger partial charge in [0.1, 0.15) is 0 Å². The maximum atomic E-state index is 12.5. The maximum absolute atomic E-state index is 12.5. The summed E-state index contributed by atoms with van der Waals surface area (Å²) in [6.45, 7) is 3.41. The first-order chi connectivity index (χ1) is 11.7. The number of rotatable bonds is 3. The average Bonchev–Trinajstić information content (AvgIpc) is 2.92. The Morgan fingerprint density at radius 2 is 1.46 bits per heavy atom. The standard InChI is InChI=1S/C20H28N2O2/c23-19(21-12-6-1-2-7-13-21)16-17-10-14-22(15-11-17)20(24)18-8-4-3-5-9-18/h3-5,8-9,17H,1-2,6-7,10-16H2. The lowest BCUT2D eigenvalue weighted by Crippen LogP contribution is -2.40. The Bertz CT molecular complexity index is 542. The summed E-state index contributed by atoms with van der Waals surface area (Å²) in [5.74, 6) is 0.873. The topological polar surface area (TPSA) is 40.6 Å². The van der Waals surface area contributed by atoms with Crippen molar-refractivity contribution in [3.63, 3.8) is 0 Å². The van der Waals surface area contributed by atoms with E-state index in [4.69, 9.17) is 0 Å². The predicted molar refractivity (Wildman–Crippen MR) is 94.7 cm³/mol. The molecular weight excluding hydrogens is 300 g/mol. The van der Waals surface area contributed by atoms with Crippen LogP contribution in [0.2, 0.25) is 0 Å². The van der Waals surface area contributed by atoms with E-state index in [2.05, 4.69) is 4.90 Å². The monoisotopic (exact) mass is 328 g/mol. The molecule has 3 rings (SSSR count). The third kappa shape index (κ3) is 4.37. The second-order valence-electron chi connectivity index (χ2n) is 7.10. The number of likely N-dealkylation sites (tertiary alicyclic amines) is 2. The molecule has 1 aromatic carbocycles. The van der Waals surface area contributed by atoms with Crippen LogP contribution >= 0.6 is 0 Å². The summed E-state index contributed by atoms with van der Waals surface area (Å²) in [6, 6.07) is 9.48. The van der Waals surface area contributed by atoms with E-state index in [0.29, 0.717) is 18.2 Å². The molecule has 0 aliphatic carbocycles. The Kier molecular flexibility index (Phi) is 5.89. The van der Waals surface area contributed by atoms with Crippen LogP contribution in [0.3, 0.4) is 0 Å². The van der Waals surface area contributed by atoms with Crippen LogP contribution in [0.25, 0.3) is 0 Å². The normalized spacial score (nSPS) is 19.8. The van der Waals surface area contributed by atoms with Crippen LogP contribution in [-0.2, 0) is 4.79 Å². The van der Waals surface area contributed by atoms with Crippen molar-refractivity contribution in [1.82, 2.24) is 9.80 Å². The molecule has 2 heterocycles. The molecule has 0 N–H and O–H groups in total. The molecule has 0 bridgehead atoms. The zero-order chi connectivity index (χ0) is 16.8. The second-order valence-corrected chi connectivity index (χ2v) is 7.10. The minimum absolute atomic E-state index is 0.118. The first-order valence-corrected chi connectivity index (χ1v) is 9.36. The minimum Gasteiger partial charge on any atom is -0.343 e. The molecule has 0 atom stereocenters. The van der Waals surface area contributed by atoms with E-state index in [1.807, 2.05) is 35.2 Å². The Balaban J connectivity index is 1.46. The van der Waals surface area contributed by atoms with Crippen molar-refractivity contribution in [3.8, 4) is 0 Å². The summed E-state index contributed by atoms with van der Waals surface area (Å²) >= 11 is 0. The van der Waals surface area contributed by atoms with Crippen molar-refractivity contribution >= 4 is 11.8 Å². The van der Waals surface area contributed by atoms with E-state index in [-0.39, 0.29) is 5.91 Å². The molecule has 0 saturated carbocycles. The number of piperidine rings is 1. The van der Waals surface area contributed by atoms with E-state index in [1.165, 1.54) is 12.8 Å². The fraction of sp³-hybridized carbons (Fsp3) is 0.600. The molecule has 130 valence electrons. The Morgan fingerprint density at radius 3 is 2.08 bits per heavy atom. The minimum atomic E-state index is 0.118. The largest absolute Gasteiger partial charge is 0.343 e. The number of amides is 2. The highest BCUT2D eigenvalue weighted by molar-refractivity contribution is 5.94. The van der Waals surface area contributed by atoms with Crippen molar-refractivity contribution in [2.45, 2.75) is 44.9 Å². The molecule has 0 aromatic heterocycles. The fourth-order valence-electron chi connectivity index (χ4n) is 3.80. The van der Waals surface area contributed by atoms with Crippen LogP contribution in [0.15, 0.2) is 30.3 Å². The van der Waals surface area contributed by atoms with Gasteiger partial charge in [0.2, 0.25) is 5.91 Å². The van der Waals surface area contributed by atoms with Gasteiger partial charge in [-0.3, -0.25) is 9.59 Å². The Morgan fingerprint density at radius 1 is 0.833 bits per heavy atom. The lowest BCUT2D eigenvalue weighted by molar-refractivity contribution is -0.132. The van der Waals surface area contributed by atoms with Gasteiger partial charge >= 0.3 is 0 Å². The zero-order valence-corrected chi connectivity index (χ0v) is 14.5. The third-order valence-electron chi connectivity index (χ3n) is 5.34. The first-order valence-electron chi connectivity index (χ1n) is 9.36. The van der Waals surface area contributed by atoms with Gasteiger partial charge in [0.25, 0.3) is 5.91 Å². The fourth-order valence-corrected chi connectivity index (χ4v) is 3.80. The van der Waals surface area contributed by atoms with Crippen LogP contribution in [0.4, 0.5) is 0 Å². The highest BCUT2D eigenvalue weighted by Gasteiger charge is 2.26. The molecular formula is C20H28N2O2. The smallest absolute Gasteiger partial charge is 0.253 e. The van der Waals surface area contributed by atoms with Crippen molar-refractivity contribution in [1.29, 1.82) is 0 Å². The van der Waals surface area contributed by atoms with Crippen LogP contribution in [0, 0.1) is 5.92 Å². The molecule has 0 spiro atoms. The molecule has 4 nitrogen and oxygen atoms in total. The lowest BCUT2D eigenvalue weighted by atomic mass is 9.92. The number of benzene rings is 1. The molecule has 1 aromatic rings. The van der Waals surface area contributed by atoms with Gasteiger partial charge in [-0.2, -0.15) is 0 Å². The maximum Gasteiger partial charge on any atom is 0.253 e. The van der Waals surface area contributed by atoms with Crippen molar-refractivity contribution in [2.24, 2.45) is 5.92 Å². The molecule has 2 aliphatic rings. The molecule has 2 aliphatic heterocycles. The molecule has 0 unspecified atom stereocenters. The van der Waals surface area contributed by atoms with Crippen molar-refractivity contribution in [2.75, 3.05) is 26.2 Å². The molecule has 2 saturated heterocycles. The average molecular weight is 328 g/mol. The molecule has 4 heteroatoms. The van der Waals surface area contributed by atoms with Crippen LogP contribution in [0.5, 0.6) is 0 Å². The van der Waals surface area contributed by atoms with E-state index >= 15 is 0 Å². The number of carbonyl (C=O) groups excluding carboxylic acids is 2. The van der Waals surface area contributed by atoms with E-state index in [1.54, 1.807) is 0 Å². The summed E-state index contributed by atoms with van der Waals surface area (Å²) in [5.41, 5.74) is 0.761. The first kappa shape index (κ1) is 17.0. The molecule has 24 heavy (non-hydrogen) atoms. The van der Waals surface area contributed by atoms with Crippen LogP contribution in [-0.4, -0.2) is 47.8 Å². The second kappa shape index (κ2) is 8.32. The van der Waals surface area contributed by atoms with Gasteiger partial charge in [0.05, 0.1) is 0 Å². The predicted octanol–water partition coefficient (Wildman–Crippen LogP) is 3.33. The van der Waals surface area contributed by atoms with Gasteiger partial charge in [0, 0.05) is 38.2 Å². The van der Waals surface area contributed by atoms with Gasteiger partial charge in [-0.1, -0.05) is 31.0 Å². The molecule has 0 radical (unpaired) electrons. The number of nitrogens with zero attached hydrogens (tertiary/aromatic N) is 2.